The van der Waals surface area contributed by atoms with E-state index in [1.165, 1.54) is 0 Å². The number of amides is 2. The molecule has 8 aromatic rings. The molecule has 0 fully saturated rings. The predicted octanol–water partition coefficient (Wildman–Crippen LogP) is 14.3. The standard InChI is InChI=1S/C62H62N2O6/c1-5-29-67-57-43-21-13-22-44(57)34-48-38-52(62(66)64-56-28-16-20-42-18-10-12-26-54(42)56)40-50(60(48)70-32-8-4)36-46-24-14-23-45(58(46)68-30-6-2)35-49-39-51(37-47(33-43)59(49)69-31-7-3)61(65)63-55-27-15-19-41-17-9-11-25-53(41)55/h9-28,37-40H,5-8,29-36H2,1-4H3,(H,63,65)(H,64,66). The fourth-order valence-electron chi connectivity index (χ4n) is 9.57. The largest absolute Gasteiger partial charge is 0.493 e. The van der Waals surface area contributed by atoms with E-state index in [9.17, 15) is 9.59 Å². The summed E-state index contributed by atoms with van der Waals surface area (Å²) < 4.78 is 27.1. The number of hydrogen-bond donors (Lipinski definition) is 2. The zero-order valence-electron chi connectivity index (χ0n) is 40.8. The lowest BCUT2D eigenvalue weighted by molar-refractivity contribution is 0.101. The van der Waals surface area contributed by atoms with Gasteiger partial charge in [0.1, 0.15) is 23.0 Å². The smallest absolute Gasteiger partial charge is 0.255 e. The van der Waals surface area contributed by atoms with Crippen LogP contribution in [0.15, 0.2) is 146 Å². The highest BCUT2D eigenvalue weighted by molar-refractivity contribution is 6.10. The Hall–Kier alpha value is -7.58. The Bertz CT molecular complexity index is 2860. The van der Waals surface area contributed by atoms with Crippen LogP contribution in [0.5, 0.6) is 23.0 Å². The number of nitrogens with one attached hydrogen (secondary N) is 2. The van der Waals surface area contributed by atoms with E-state index in [1.807, 2.05) is 84.9 Å². The second kappa shape index (κ2) is 22.2. The van der Waals surface area contributed by atoms with Gasteiger partial charge >= 0.3 is 0 Å². The van der Waals surface area contributed by atoms with E-state index in [0.29, 0.717) is 63.2 Å². The van der Waals surface area contributed by atoms with Crippen molar-refractivity contribution >= 4 is 44.7 Å². The summed E-state index contributed by atoms with van der Waals surface area (Å²) in [5, 5.41) is 10.6. The van der Waals surface area contributed by atoms with Crippen LogP contribution in [0, 0.1) is 0 Å². The zero-order chi connectivity index (χ0) is 48.4. The first kappa shape index (κ1) is 47.5. The van der Waals surface area contributed by atoms with Crippen LogP contribution in [-0.2, 0) is 25.7 Å². The van der Waals surface area contributed by atoms with Crippen LogP contribution in [-0.4, -0.2) is 38.2 Å². The third-order valence-corrected chi connectivity index (χ3v) is 12.8. The van der Waals surface area contributed by atoms with Crippen molar-refractivity contribution in [1.29, 1.82) is 0 Å². The summed E-state index contributed by atoms with van der Waals surface area (Å²) in [6.07, 6.45) is 4.99. The molecule has 8 bridgehead atoms. The number of ether oxygens (including phenoxy) is 4. The lowest BCUT2D eigenvalue weighted by atomic mass is 9.89. The number of fused-ring (bicyclic) bond motifs is 10. The molecule has 8 aromatic carbocycles. The van der Waals surface area contributed by atoms with Gasteiger partial charge in [0.15, 0.2) is 0 Å². The Morgan fingerprint density at radius 3 is 0.986 bits per heavy atom. The fourth-order valence-corrected chi connectivity index (χ4v) is 9.57. The molecule has 2 N–H and O–H groups in total. The quantitative estimate of drug-likeness (QED) is 0.100. The van der Waals surface area contributed by atoms with Crippen LogP contribution in [0.25, 0.3) is 21.5 Å². The summed E-state index contributed by atoms with van der Waals surface area (Å²) in [4.78, 5) is 29.3. The first-order valence-corrected chi connectivity index (χ1v) is 25.0. The third-order valence-electron chi connectivity index (χ3n) is 12.8. The third kappa shape index (κ3) is 10.5. The van der Waals surface area contributed by atoms with Gasteiger partial charge in [0, 0.05) is 59.0 Å². The zero-order valence-corrected chi connectivity index (χ0v) is 40.8. The van der Waals surface area contributed by atoms with E-state index in [1.54, 1.807) is 0 Å². The van der Waals surface area contributed by atoms with Crippen LogP contribution in [0.3, 0.4) is 0 Å². The van der Waals surface area contributed by atoms with Gasteiger partial charge in [-0.25, -0.2) is 0 Å². The second-order valence-electron chi connectivity index (χ2n) is 18.1. The van der Waals surface area contributed by atoms with Crippen molar-refractivity contribution in [3.8, 4) is 23.0 Å². The van der Waals surface area contributed by atoms with Crippen molar-refractivity contribution in [3.63, 3.8) is 0 Å². The summed E-state index contributed by atoms with van der Waals surface area (Å²) in [6.45, 7) is 10.5. The van der Waals surface area contributed by atoms with Gasteiger partial charge in [-0.3, -0.25) is 9.59 Å². The highest BCUT2D eigenvalue weighted by Crippen LogP contribution is 2.41. The monoisotopic (exact) mass is 930 g/mol. The first-order valence-electron chi connectivity index (χ1n) is 25.0. The van der Waals surface area contributed by atoms with Gasteiger partial charge in [-0.2, -0.15) is 0 Å². The molecule has 70 heavy (non-hydrogen) atoms. The number of benzene rings is 8. The van der Waals surface area contributed by atoms with E-state index in [-0.39, 0.29) is 11.8 Å². The van der Waals surface area contributed by atoms with Crippen molar-refractivity contribution in [2.75, 3.05) is 37.1 Å². The van der Waals surface area contributed by atoms with Gasteiger partial charge in [-0.1, -0.05) is 137 Å². The van der Waals surface area contributed by atoms with Gasteiger partial charge in [-0.15, -0.1) is 0 Å². The van der Waals surface area contributed by atoms with Crippen LogP contribution in [0.4, 0.5) is 11.4 Å². The van der Waals surface area contributed by atoms with Gasteiger partial charge < -0.3 is 29.6 Å². The Morgan fingerprint density at radius 1 is 0.371 bits per heavy atom. The number of rotatable bonds is 16. The summed E-state index contributed by atoms with van der Waals surface area (Å²) in [5.41, 5.74) is 9.95. The average molecular weight is 931 g/mol. The molecule has 0 saturated carbocycles. The minimum Gasteiger partial charge on any atom is -0.493 e. The summed E-state index contributed by atoms with van der Waals surface area (Å²) in [6, 6.07) is 48.6. The van der Waals surface area contributed by atoms with E-state index >= 15 is 0 Å². The molecule has 2 amide bonds. The average Bonchev–Trinajstić information content (AvgIpc) is 3.37. The van der Waals surface area contributed by atoms with Crippen molar-refractivity contribution in [2.24, 2.45) is 0 Å². The fraction of sp³-hybridized carbons (Fsp3) is 0.258. The second-order valence-corrected chi connectivity index (χ2v) is 18.1. The molecule has 0 aromatic heterocycles. The van der Waals surface area contributed by atoms with Crippen LogP contribution in [0.1, 0.15) is 119 Å². The van der Waals surface area contributed by atoms with E-state index in [4.69, 9.17) is 18.9 Å². The summed E-state index contributed by atoms with van der Waals surface area (Å²) >= 11 is 0. The number of carbonyl (C=O) groups is 2. The Morgan fingerprint density at radius 2 is 0.657 bits per heavy atom. The lowest BCUT2D eigenvalue weighted by Crippen LogP contribution is -2.16. The van der Waals surface area contributed by atoms with E-state index in [2.05, 4.69) is 99.0 Å². The molecule has 0 radical (unpaired) electrons. The highest BCUT2D eigenvalue weighted by atomic mass is 16.5. The normalized spacial score (nSPS) is 12.1. The van der Waals surface area contributed by atoms with Gasteiger partial charge in [0.2, 0.25) is 0 Å². The number of para-hydroxylation sites is 2. The molecule has 0 heterocycles. The van der Waals surface area contributed by atoms with Crippen molar-refractivity contribution in [1.82, 2.24) is 0 Å². The molecular formula is C62H62N2O6. The molecule has 1 aliphatic rings. The molecule has 356 valence electrons. The summed E-state index contributed by atoms with van der Waals surface area (Å²) in [5.74, 6) is 2.66. The number of hydrogen-bond acceptors (Lipinski definition) is 6. The van der Waals surface area contributed by atoms with Crippen LogP contribution in [0.2, 0.25) is 0 Å². The van der Waals surface area contributed by atoms with Crippen LogP contribution >= 0.6 is 0 Å². The molecular weight excluding hydrogens is 869 g/mol. The number of anilines is 2. The first-order chi connectivity index (χ1) is 34.3. The molecule has 8 nitrogen and oxygen atoms in total. The van der Waals surface area contributed by atoms with Gasteiger partial charge in [-0.05, 0) is 117 Å². The highest BCUT2D eigenvalue weighted by Gasteiger charge is 2.25. The minimum atomic E-state index is -0.207. The molecule has 1 aliphatic carbocycles. The molecule has 8 heteroatoms. The van der Waals surface area contributed by atoms with Crippen LogP contribution < -0.4 is 29.6 Å². The maximum absolute atomic E-state index is 14.7. The van der Waals surface area contributed by atoms with Gasteiger partial charge in [0.05, 0.1) is 26.4 Å². The summed E-state index contributed by atoms with van der Waals surface area (Å²) in [7, 11) is 0. The molecule has 0 atom stereocenters. The molecule has 0 spiro atoms. The molecule has 0 unspecified atom stereocenters. The minimum absolute atomic E-state index is 0.207. The van der Waals surface area contributed by atoms with E-state index < -0.39 is 0 Å². The SMILES string of the molecule is CCCOc1c2cccc1Cc1cc(C(=O)Nc3cccc4ccccc34)cc(c1OCCC)Cc1cccc(c1OCCC)Cc1cc(C(=O)Nc3cccc4ccccc34)cc(c1OCCC)C2. The molecule has 9 rings (SSSR count). The van der Waals surface area contributed by atoms with Gasteiger partial charge in [0.25, 0.3) is 11.8 Å². The Labute approximate surface area is 412 Å². The number of carbonyl (C=O) groups excluding carboxylic acids is 2. The Balaban J connectivity index is 1.24. The van der Waals surface area contributed by atoms with E-state index in [0.717, 1.165) is 126 Å². The van der Waals surface area contributed by atoms with Crippen molar-refractivity contribution < 1.29 is 28.5 Å². The lowest BCUT2D eigenvalue weighted by Gasteiger charge is -2.24. The maximum atomic E-state index is 14.7. The predicted molar refractivity (Wildman–Crippen MR) is 284 cm³/mol. The van der Waals surface area contributed by atoms with Crippen molar-refractivity contribution in [2.45, 2.75) is 79.1 Å². The molecule has 0 saturated heterocycles. The maximum Gasteiger partial charge on any atom is 0.255 e. The van der Waals surface area contributed by atoms with Crippen molar-refractivity contribution in [3.05, 3.63) is 201 Å². The topological polar surface area (TPSA) is 95.1 Å². The molecule has 0 aliphatic heterocycles. The Kier molecular flexibility index (Phi) is 15.1.